The van der Waals surface area contributed by atoms with Gasteiger partial charge in [-0.15, -0.1) is 11.3 Å². The molecule has 6 heteroatoms. The number of thiophene rings is 1. The summed E-state index contributed by atoms with van der Waals surface area (Å²) < 4.78 is 0. The van der Waals surface area contributed by atoms with Crippen LogP contribution in [0.1, 0.15) is 52.2 Å². The molecule has 1 aliphatic heterocycles. The molecule has 2 aliphatic rings. The monoisotopic (exact) mass is 339 g/mol. The molecule has 22 heavy (non-hydrogen) atoms. The number of carboxylic acid groups (broad SMARTS) is 1. The number of aliphatic carboxylic acids is 1. The number of amides is 1. The number of carbonyl (C=O) groups excluding carboxylic acids is 1. The van der Waals surface area contributed by atoms with Crippen LogP contribution in [0.15, 0.2) is 6.07 Å². The number of hydrogen-bond acceptors (Lipinski definition) is 4. The Morgan fingerprint density at radius 1 is 1.18 bits per heavy atom. The quantitative estimate of drug-likeness (QED) is 0.888. The fraction of sp³-hybridized carbons (Fsp3) is 0.625. The van der Waals surface area contributed by atoms with Crippen LogP contribution in [0, 0.1) is 0 Å². The number of nitrogens with one attached hydrogen (secondary N) is 1. The molecule has 1 unspecified atom stereocenters. The molecule has 120 valence electrons. The zero-order chi connectivity index (χ0) is 15.6. The average Bonchev–Trinajstić information content (AvgIpc) is 3.07. The fourth-order valence-electron chi connectivity index (χ4n) is 3.12. The Morgan fingerprint density at radius 2 is 1.95 bits per heavy atom. The first-order chi connectivity index (χ1) is 10.6. The topological polar surface area (TPSA) is 66.4 Å². The minimum Gasteiger partial charge on any atom is -0.479 e. The molecule has 0 radical (unpaired) electrons. The SMILES string of the molecule is O=C(NC1(C(=O)O)CCSC1)c1cc2c(s1)CCCCCC2. The molecule has 2 heterocycles. The molecule has 1 amide bonds. The van der Waals surface area contributed by atoms with Gasteiger partial charge in [-0.2, -0.15) is 11.8 Å². The van der Waals surface area contributed by atoms with Gasteiger partial charge in [-0.05, 0) is 49.5 Å². The normalized spacial score (nSPS) is 25.1. The summed E-state index contributed by atoms with van der Waals surface area (Å²) >= 11 is 3.14. The molecule has 0 aromatic carbocycles. The van der Waals surface area contributed by atoms with Crippen molar-refractivity contribution < 1.29 is 14.7 Å². The van der Waals surface area contributed by atoms with Crippen LogP contribution in [0.4, 0.5) is 0 Å². The molecular formula is C16H21NO3S2. The van der Waals surface area contributed by atoms with E-state index in [1.807, 2.05) is 6.07 Å². The van der Waals surface area contributed by atoms with Crippen LogP contribution in [-0.4, -0.2) is 34.0 Å². The summed E-state index contributed by atoms with van der Waals surface area (Å²) in [5.41, 5.74) is 0.208. The van der Waals surface area contributed by atoms with Crippen molar-refractivity contribution in [2.24, 2.45) is 0 Å². The van der Waals surface area contributed by atoms with E-state index in [4.69, 9.17) is 0 Å². The van der Waals surface area contributed by atoms with Crippen molar-refractivity contribution in [3.63, 3.8) is 0 Å². The first kappa shape index (κ1) is 15.9. The molecule has 1 aromatic heterocycles. The first-order valence-corrected chi connectivity index (χ1v) is 9.83. The Bertz CT molecular complexity index is 550. The largest absolute Gasteiger partial charge is 0.479 e. The maximum Gasteiger partial charge on any atom is 0.330 e. The molecule has 1 aliphatic carbocycles. The maximum absolute atomic E-state index is 12.5. The van der Waals surface area contributed by atoms with Crippen LogP contribution in [0.25, 0.3) is 0 Å². The minimum absolute atomic E-state index is 0.221. The summed E-state index contributed by atoms with van der Waals surface area (Å²) in [5, 5.41) is 12.3. The van der Waals surface area contributed by atoms with Crippen LogP contribution >= 0.6 is 23.1 Å². The molecule has 0 spiro atoms. The third kappa shape index (κ3) is 3.18. The van der Waals surface area contributed by atoms with Crippen LogP contribution in [0.5, 0.6) is 0 Å². The van der Waals surface area contributed by atoms with Gasteiger partial charge < -0.3 is 10.4 Å². The number of thioether (sulfide) groups is 1. The maximum atomic E-state index is 12.5. The van der Waals surface area contributed by atoms with E-state index in [1.54, 1.807) is 23.1 Å². The summed E-state index contributed by atoms with van der Waals surface area (Å²) in [6.07, 6.45) is 7.48. The van der Waals surface area contributed by atoms with Crippen molar-refractivity contribution in [2.45, 2.75) is 50.5 Å². The summed E-state index contributed by atoms with van der Waals surface area (Å²) in [6, 6.07) is 1.98. The molecule has 4 nitrogen and oxygen atoms in total. The van der Waals surface area contributed by atoms with Crippen LogP contribution in [0.2, 0.25) is 0 Å². The lowest BCUT2D eigenvalue weighted by Gasteiger charge is -2.24. The Kier molecular flexibility index (Phi) is 4.78. The highest BCUT2D eigenvalue weighted by molar-refractivity contribution is 7.99. The molecule has 0 bridgehead atoms. The summed E-state index contributed by atoms with van der Waals surface area (Å²) in [4.78, 5) is 26.1. The van der Waals surface area contributed by atoms with Crippen molar-refractivity contribution in [3.05, 3.63) is 21.4 Å². The highest BCUT2D eigenvalue weighted by Gasteiger charge is 2.43. The number of carbonyl (C=O) groups is 2. The lowest BCUT2D eigenvalue weighted by atomic mass is 9.98. The van der Waals surface area contributed by atoms with E-state index < -0.39 is 11.5 Å². The Hall–Kier alpha value is -1.01. The van der Waals surface area contributed by atoms with E-state index >= 15 is 0 Å². The second kappa shape index (κ2) is 6.62. The van der Waals surface area contributed by atoms with Crippen molar-refractivity contribution in [2.75, 3.05) is 11.5 Å². The fourth-order valence-corrected chi connectivity index (χ4v) is 5.60. The van der Waals surface area contributed by atoms with Gasteiger partial charge in [0.2, 0.25) is 0 Å². The van der Waals surface area contributed by atoms with E-state index in [0.717, 1.165) is 18.6 Å². The molecule has 0 saturated carbocycles. The van der Waals surface area contributed by atoms with Gasteiger partial charge in [0.05, 0.1) is 4.88 Å². The average molecular weight is 339 g/mol. The third-order valence-electron chi connectivity index (χ3n) is 4.50. The summed E-state index contributed by atoms with van der Waals surface area (Å²) in [5.74, 6) is 0.106. The summed E-state index contributed by atoms with van der Waals surface area (Å²) in [6.45, 7) is 0. The van der Waals surface area contributed by atoms with E-state index in [9.17, 15) is 14.7 Å². The van der Waals surface area contributed by atoms with Gasteiger partial charge in [-0.25, -0.2) is 4.79 Å². The van der Waals surface area contributed by atoms with Gasteiger partial charge in [-0.1, -0.05) is 12.8 Å². The molecular weight excluding hydrogens is 318 g/mol. The van der Waals surface area contributed by atoms with Crippen molar-refractivity contribution in [1.29, 1.82) is 0 Å². The lowest BCUT2D eigenvalue weighted by Crippen LogP contribution is -2.54. The van der Waals surface area contributed by atoms with Gasteiger partial charge in [0.15, 0.2) is 0 Å². The minimum atomic E-state index is -1.08. The van der Waals surface area contributed by atoms with Crippen LogP contribution in [-0.2, 0) is 17.6 Å². The van der Waals surface area contributed by atoms with Gasteiger partial charge in [0, 0.05) is 10.6 Å². The first-order valence-electron chi connectivity index (χ1n) is 7.86. The number of rotatable bonds is 3. The summed E-state index contributed by atoms with van der Waals surface area (Å²) in [7, 11) is 0. The predicted octanol–water partition coefficient (Wildman–Crippen LogP) is 3.10. The molecule has 1 aromatic rings. The second-order valence-corrected chi connectivity index (χ2v) is 8.36. The van der Waals surface area contributed by atoms with Crippen LogP contribution < -0.4 is 5.32 Å². The van der Waals surface area contributed by atoms with E-state index in [1.165, 1.54) is 36.1 Å². The van der Waals surface area contributed by atoms with Gasteiger partial charge in [0.1, 0.15) is 5.54 Å². The molecule has 1 atom stereocenters. The number of carboxylic acids is 1. The number of aryl methyl sites for hydroxylation is 2. The van der Waals surface area contributed by atoms with Crippen molar-refractivity contribution in [3.8, 4) is 0 Å². The highest BCUT2D eigenvalue weighted by Crippen LogP contribution is 2.31. The highest BCUT2D eigenvalue weighted by atomic mass is 32.2. The second-order valence-electron chi connectivity index (χ2n) is 6.12. The number of fused-ring (bicyclic) bond motifs is 1. The van der Waals surface area contributed by atoms with Crippen LogP contribution in [0.3, 0.4) is 0 Å². The Balaban J connectivity index is 1.77. The van der Waals surface area contributed by atoms with Gasteiger partial charge in [-0.3, -0.25) is 4.79 Å². The Labute approximate surface area is 138 Å². The molecule has 1 saturated heterocycles. The van der Waals surface area contributed by atoms with Crippen molar-refractivity contribution in [1.82, 2.24) is 5.32 Å². The molecule has 3 rings (SSSR count). The molecule has 1 fully saturated rings. The van der Waals surface area contributed by atoms with E-state index in [2.05, 4.69) is 5.32 Å². The predicted molar refractivity (Wildman–Crippen MR) is 90.0 cm³/mol. The molecule has 2 N–H and O–H groups in total. The van der Waals surface area contributed by atoms with E-state index in [-0.39, 0.29) is 5.91 Å². The zero-order valence-corrected chi connectivity index (χ0v) is 14.2. The third-order valence-corrected chi connectivity index (χ3v) is 6.93. The Morgan fingerprint density at radius 3 is 2.64 bits per heavy atom. The zero-order valence-electron chi connectivity index (χ0n) is 12.5. The standard InChI is InChI=1S/C16H21NO3S2/c18-14(17-16(15(19)20)7-8-21-10-16)13-9-11-5-3-1-2-4-6-12(11)22-13/h9H,1-8,10H2,(H,17,18)(H,19,20). The lowest BCUT2D eigenvalue weighted by molar-refractivity contribution is -0.143. The number of hydrogen-bond donors (Lipinski definition) is 2. The van der Waals surface area contributed by atoms with Gasteiger partial charge >= 0.3 is 5.97 Å². The smallest absolute Gasteiger partial charge is 0.330 e. The van der Waals surface area contributed by atoms with Gasteiger partial charge in [0.25, 0.3) is 5.91 Å². The van der Waals surface area contributed by atoms with Crippen molar-refractivity contribution >= 4 is 35.0 Å². The van der Waals surface area contributed by atoms with E-state index in [0.29, 0.717) is 17.1 Å².